The Balaban J connectivity index is 1.58. The highest BCUT2D eigenvalue weighted by Gasteiger charge is 2.42. The summed E-state index contributed by atoms with van der Waals surface area (Å²) in [6.07, 6.45) is 5.01. The van der Waals surface area contributed by atoms with E-state index in [0.717, 1.165) is 25.7 Å². The molecule has 8 heteroatoms. The molecule has 4 rings (SSSR count). The molecule has 2 atom stereocenters. The summed E-state index contributed by atoms with van der Waals surface area (Å²) < 4.78 is 18.4. The topological polar surface area (TPSA) is 88.3 Å². The van der Waals surface area contributed by atoms with Crippen molar-refractivity contribution in [3.8, 4) is 11.4 Å². The molecule has 2 amide bonds. The Labute approximate surface area is 175 Å². The lowest BCUT2D eigenvalue weighted by Crippen LogP contribution is -2.63. The van der Waals surface area contributed by atoms with Gasteiger partial charge in [-0.2, -0.15) is 4.98 Å². The van der Waals surface area contributed by atoms with Crippen LogP contribution >= 0.6 is 0 Å². The van der Waals surface area contributed by atoms with Crippen LogP contribution in [0.15, 0.2) is 28.8 Å². The fourth-order valence-corrected chi connectivity index (χ4v) is 4.49. The second kappa shape index (κ2) is 8.53. The number of benzene rings is 1. The van der Waals surface area contributed by atoms with E-state index in [1.807, 2.05) is 13.8 Å². The van der Waals surface area contributed by atoms with Crippen molar-refractivity contribution in [1.29, 1.82) is 0 Å². The molecule has 0 radical (unpaired) electrons. The fraction of sp³-hybridized carbons (Fsp3) is 0.545. The molecule has 1 aliphatic carbocycles. The number of amides is 2. The van der Waals surface area contributed by atoms with Crippen molar-refractivity contribution in [2.45, 2.75) is 58.0 Å². The smallest absolute Gasteiger partial charge is 0.316 e. The van der Waals surface area contributed by atoms with Crippen LogP contribution in [0.2, 0.25) is 0 Å². The molecule has 1 aromatic heterocycles. The summed E-state index contributed by atoms with van der Waals surface area (Å²) in [5.41, 5.74) is 0.554. The molecule has 1 saturated heterocycles. The predicted octanol–water partition coefficient (Wildman–Crippen LogP) is 3.42. The summed E-state index contributed by atoms with van der Waals surface area (Å²) in [7, 11) is 0. The Morgan fingerprint density at radius 3 is 2.63 bits per heavy atom. The van der Waals surface area contributed by atoms with Gasteiger partial charge in [0.1, 0.15) is 11.9 Å². The Morgan fingerprint density at radius 1 is 1.27 bits per heavy atom. The number of carbonyl (C=O) groups is 2. The third-order valence-corrected chi connectivity index (χ3v) is 6.04. The fourth-order valence-electron chi connectivity index (χ4n) is 4.49. The predicted molar refractivity (Wildman–Crippen MR) is 108 cm³/mol. The number of nitrogens with one attached hydrogen (secondary N) is 1. The van der Waals surface area contributed by atoms with Gasteiger partial charge >= 0.3 is 11.8 Å². The highest BCUT2D eigenvalue weighted by atomic mass is 19.1. The summed E-state index contributed by atoms with van der Waals surface area (Å²) in [6.45, 7) is 4.50. The summed E-state index contributed by atoms with van der Waals surface area (Å²) in [5.74, 6) is -0.209. The largest absolute Gasteiger partial charge is 0.350 e. The molecule has 2 heterocycles. The molecular weight excluding hydrogens is 387 g/mol. The van der Waals surface area contributed by atoms with Gasteiger partial charge in [-0.3, -0.25) is 9.59 Å². The molecule has 7 nitrogen and oxygen atoms in total. The van der Waals surface area contributed by atoms with Crippen molar-refractivity contribution >= 4 is 11.8 Å². The zero-order valence-electron chi connectivity index (χ0n) is 17.3. The Morgan fingerprint density at radius 2 is 1.97 bits per heavy atom. The maximum Gasteiger partial charge on any atom is 0.316 e. The first-order valence-corrected chi connectivity index (χ1v) is 10.6. The van der Waals surface area contributed by atoms with Gasteiger partial charge in [-0.05, 0) is 55.4 Å². The Hall–Kier alpha value is -2.77. The van der Waals surface area contributed by atoms with Crippen molar-refractivity contribution in [2.24, 2.45) is 11.8 Å². The van der Waals surface area contributed by atoms with Gasteiger partial charge in [-0.25, -0.2) is 4.39 Å². The molecule has 1 saturated carbocycles. The molecule has 2 aliphatic rings. The number of piperazine rings is 1. The van der Waals surface area contributed by atoms with Gasteiger partial charge in [0.25, 0.3) is 0 Å². The van der Waals surface area contributed by atoms with E-state index in [1.54, 1.807) is 4.90 Å². The van der Waals surface area contributed by atoms with Crippen LogP contribution in [0.5, 0.6) is 0 Å². The van der Waals surface area contributed by atoms with Crippen LogP contribution in [-0.4, -0.2) is 45.5 Å². The van der Waals surface area contributed by atoms with Crippen molar-refractivity contribution in [2.75, 3.05) is 6.54 Å². The van der Waals surface area contributed by atoms with Gasteiger partial charge in [0.15, 0.2) is 0 Å². The van der Waals surface area contributed by atoms with E-state index in [-0.39, 0.29) is 35.4 Å². The van der Waals surface area contributed by atoms with Gasteiger partial charge in [0.05, 0.1) is 0 Å². The number of carbonyl (C=O) groups excluding carboxylic acids is 2. The summed E-state index contributed by atoms with van der Waals surface area (Å²) >= 11 is 0. The number of hydrogen-bond acceptors (Lipinski definition) is 5. The molecule has 0 unspecified atom stereocenters. The van der Waals surface area contributed by atoms with Crippen LogP contribution in [0.3, 0.4) is 0 Å². The van der Waals surface area contributed by atoms with Gasteiger partial charge < -0.3 is 14.7 Å². The maximum atomic E-state index is 13.3. The zero-order chi connectivity index (χ0) is 21.3. The van der Waals surface area contributed by atoms with Gasteiger partial charge in [0.2, 0.25) is 11.7 Å². The third-order valence-electron chi connectivity index (χ3n) is 6.04. The molecule has 2 aromatic rings. The Bertz CT molecular complexity index is 905. The average molecular weight is 414 g/mol. The maximum absolute atomic E-state index is 13.3. The van der Waals surface area contributed by atoms with E-state index in [2.05, 4.69) is 15.5 Å². The van der Waals surface area contributed by atoms with Crippen LogP contribution in [0.25, 0.3) is 11.4 Å². The first kappa shape index (κ1) is 20.5. The SMILES string of the molecule is CC(C)C[C@H]1C(=O)N[C@@H](C2CCCC2)CN1C(=O)c1nc(-c2ccc(F)cc2)no1. The lowest BCUT2D eigenvalue weighted by atomic mass is 9.91. The third kappa shape index (κ3) is 4.22. The van der Waals surface area contributed by atoms with Crippen molar-refractivity contribution in [3.63, 3.8) is 0 Å². The van der Waals surface area contributed by atoms with Gasteiger partial charge in [-0.1, -0.05) is 31.8 Å². The highest BCUT2D eigenvalue weighted by molar-refractivity contribution is 5.95. The van der Waals surface area contributed by atoms with Crippen molar-refractivity contribution < 1.29 is 18.5 Å². The van der Waals surface area contributed by atoms with E-state index in [1.165, 1.54) is 24.3 Å². The molecule has 2 fully saturated rings. The molecule has 30 heavy (non-hydrogen) atoms. The first-order chi connectivity index (χ1) is 14.4. The quantitative estimate of drug-likeness (QED) is 0.810. The summed E-state index contributed by atoms with van der Waals surface area (Å²) in [5, 5.41) is 7.03. The summed E-state index contributed by atoms with van der Waals surface area (Å²) in [6, 6.07) is 5.05. The second-order valence-electron chi connectivity index (χ2n) is 8.69. The highest BCUT2D eigenvalue weighted by Crippen LogP contribution is 2.31. The number of aromatic nitrogens is 2. The second-order valence-corrected chi connectivity index (χ2v) is 8.69. The normalized spacial score (nSPS) is 22.5. The van der Waals surface area contributed by atoms with Crippen molar-refractivity contribution in [1.82, 2.24) is 20.4 Å². The number of hydrogen-bond donors (Lipinski definition) is 1. The number of nitrogens with zero attached hydrogens (tertiary/aromatic N) is 3. The van der Waals surface area contributed by atoms with Crippen LogP contribution in [0, 0.1) is 17.7 Å². The number of halogens is 1. The zero-order valence-corrected chi connectivity index (χ0v) is 17.3. The number of rotatable bonds is 5. The average Bonchev–Trinajstić information content (AvgIpc) is 3.41. The van der Waals surface area contributed by atoms with E-state index >= 15 is 0 Å². The summed E-state index contributed by atoms with van der Waals surface area (Å²) in [4.78, 5) is 32.0. The Kier molecular flexibility index (Phi) is 5.83. The molecule has 0 bridgehead atoms. The lowest BCUT2D eigenvalue weighted by Gasteiger charge is -2.41. The van der Waals surface area contributed by atoms with E-state index in [9.17, 15) is 14.0 Å². The molecule has 160 valence electrons. The van der Waals surface area contributed by atoms with Crippen LogP contribution < -0.4 is 5.32 Å². The lowest BCUT2D eigenvalue weighted by molar-refractivity contribution is -0.130. The molecule has 1 aliphatic heterocycles. The molecule has 1 N–H and O–H groups in total. The van der Waals surface area contributed by atoms with Crippen LogP contribution in [-0.2, 0) is 4.79 Å². The molecule has 1 aromatic carbocycles. The minimum atomic E-state index is -0.559. The minimum Gasteiger partial charge on any atom is -0.350 e. The van der Waals surface area contributed by atoms with Gasteiger partial charge in [0, 0.05) is 18.2 Å². The minimum absolute atomic E-state index is 0.0492. The van der Waals surface area contributed by atoms with E-state index < -0.39 is 11.9 Å². The molecular formula is C22H27FN4O3. The van der Waals surface area contributed by atoms with E-state index in [0.29, 0.717) is 24.4 Å². The van der Waals surface area contributed by atoms with Crippen LogP contribution in [0.4, 0.5) is 4.39 Å². The van der Waals surface area contributed by atoms with E-state index in [4.69, 9.17) is 4.52 Å². The van der Waals surface area contributed by atoms with Crippen LogP contribution in [0.1, 0.15) is 56.6 Å². The first-order valence-electron chi connectivity index (χ1n) is 10.6. The monoisotopic (exact) mass is 414 g/mol. The molecule has 0 spiro atoms. The van der Waals surface area contributed by atoms with Gasteiger partial charge in [-0.15, -0.1) is 0 Å². The standard InChI is InChI=1S/C22H27FN4O3/c1-13(2)11-18-20(28)24-17(14-5-3-4-6-14)12-27(18)22(29)21-25-19(26-30-21)15-7-9-16(23)10-8-15/h7-10,13-14,17-18H,3-6,11-12H2,1-2H3,(H,24,28)/t17-,18+/m1/s1. The van der Waals surface area contributed by atoms with Crippen molar-refractivity contribution in [3.05, 3.63) is 36.0 Å².